The molecule has 0 aromatic carbocycles. The summed E-state index contributed by atoms with van der Waals surface area (Å²) in [7, 11) is 0. The van der Waals surface area contributed by atoms with E-state index in [2.05, 4.69) is 21.2 Å². The maximum Gasteiger partial charge on any atom is 1.00 e. The SMILES string of the molecule is CC(Br)C(=O)NCC(=O)[O-].[Na+]. The third kappa shape index (κ3) is 8.33. The number of amides is 1. The Kier molecular flexibility index (Phi) is 9.01. The molecule has 0 aromatic heterocycles. The zero-order valence-electron chi connectivity index (χ0n) is 6.39. The normalized spacial score (nSPS) is 11.1. The Labute approximate surface area is 95.1 Å². The van der Waals surface area contributed by atoms with E-state index in [9.17, 15) is 14.7 Å². The van der Waals surface area contributed by atoms with E-state index < -0.39 is 12.5 Å². The number of carbonyl (C=O) groups excluding carboxylic acids is 2. The van der Waals surface area contributed by atoms with Gasteiger partial charge in [0.05, 0.1) is 17.3 Å². The number of aliphatic carboxylic acids is 1. The van der Waals surface area contributed by atoms with E-state index in [0.29, 0.717) is 0 Å². The molecule has 0 aliphatic rings. The fraction of sp³-hybridized carbons (Fsp3) is 0.600. The minimum atomic E-state index is -1.29. The first-order valence-corrected chi connectivity index (χ1v) is 3.57. The van der Waals surface area contributed by atoms with E-state index >= 15 is 0 Å². The number of halogens is 1. The van der Waals surface area contributed by atoms with Crippen molar-refractivity contribution in [2.24, 2.45) is 0 Å². The van der Waals surface area contributed by atoms with E-state index in [4.69, 9.17) is 0 Å². The molecule has 0 fully saturated rings. The van der Waals surface area contributed by atoms with Crippen LogP contribution in [0.25, 0.3) is 0 Å². The van der Waals surface area contributed by atoms with Crippen molar-refractivity contribution < 1.29 is 44.3 Å². The van der Waals surface area contributed by atoms with Gasteiger partial charge in [0.1, 0.15) is 0 Å². The molecule has 1 atom stereocenters. The predicted octanol–water partition coefficient (Wildman–Crippen LogP) is -4.36. The second kappa shape index (κ2) is 7.09. The average Bonchev–Trinajstić information content (AvgIpc) is 1.82. The van der Waals surface area contributed by atoms with Gasteiger partial charge in [0.2, 0.25) is 5.91 Å². The number of carboxylic acid groups (broad SMARTS) is 1. The van der Waals surface area contributed by atoms with Gasteiger partial charge in [0.25, 0.3) is 0 Å². The van der Waals surface area contributed by atoms with E-state index in [1.165, 1.54) is 0 Å². The average molecular weight is 232 g/mol. The van der Waals surface area contributed by atoms with Crippen molar-refractivity contribution in [2.45, 2.75) is 11.8 Å². The van der Waals surface area contributed by atoms with Crippen molar-refractivity contribution in [3.8, 4) is 0 Å². The largest absolute Gasteiger partial charge is 1.00 e. The maximum atomic E-state index is 10.6. The molecular weight excluding hydrogens is 225 g/mol. The fourth-order valence-electron chi connectivity index (χ4n) is 0.300. The van der Waals surface area contributed by atoms with Gasteiger partial charge in [-0.3, -0.25) is 4.79 Å². The zero-order valence-corrected chi connectivity index (χ0v) is 9.97. The first-order chi connectivity index (χ1) is 4.54. The predicted molar refractivity (Wildman–Crippen MR) is 36.4 cm³/mol. The maximum absolute atomic E-state index is 10.6. The van der Waals surface area contributed by atoms with Gasteiger partial charge in [0, 0.05) is 0 Å². The standard InChI is InChI=1S/C5H8BrNO3.Na/c1-3(6)5(10)7-2-4(8)9;/h3H,2H2,1H3,(H,7,10)(H,8,9);/q;+1/p-1. The summed E-state index contributed by atoms with van der Waals surface area (Å²) in [5, 5.41) is 11.9. The third-order valence-corrected chi connectivity index (χ3v) is 1.18. The van der Waals surface area contributed by atoms with E-state index in [-0.39, 0.29) is 40.3 Å². The molecule has 0 aromatic rings. The third-order valence-electron chi connectivity index (χ3n) is 0.768. The molecule has 0 rings (SSSR count). The molecule has 1 amide bonds. The number of hydrogen-bond donors (Lipinski definition) is 1. The van der Waals surface area contributed by atoms with Crippen LogP contribution >= 0.6 is 15.9 Å². The van der Waals surface area contributed by atoms with Crippen molar-refractivity contribution >= 4 is 27.8 Å². The molecule has 0 spiro atoms. The summed E-state index contributed by atoms with van der Waals surface area (Å²) in [6.45, 7) is 1.17. The summed E-state index contributed by atoms with van der Waals surface area (Å²) in [4.78, 5) is 20.0. The van der Waals surface area contributed by atoms with E-state index in [0.717, 1.165) is 0 Å². The molecule has 6 heteroatoms. The van der Waals surface area contributed by atoms with Crippen LogP contribution in [0, 0.1) is 0 Å². The van der Waals surface area contributed by atoms with Gasteiger partial charge in [-0.05, 0) is 6.92 Å². The molecule has 1 N–H and O–H groups in total. The Bertz CT molecular complexity index is 151. The topological polar surface area (TPSA) is 69.2 Å². The number of carbonyl (C=O) groups is 2. The van der Waals surface area contributed by atoms with Crippen LogP contribution < -0.4 is 40.0 Å². The minimum absolute atomic E-state index is 0. The van der Waals surface area contributed by atoms with Crippen molar-refractivity contribution in [1.29, 1.82) is 0 Å². The minimum Gasteiger partial charge on any atom is -0.548 e. The Balaban J connectivity index is 0. The summed E-state index contributed by atoms with van der Waals surface area (Å²) >= 11 is 2.96. The smallest absolute Gasteiger partial charge is 0.548 e. The molecule has 0 aliphatic carbocycles. The molecule has 0 aliphatic heterocycles. The van der Waals surface area contributed by atoms with Crippen LogP contribution in [0.15, 0.2) is 0 Å². The van der Waals surface area contributed by atoms with Gasteiger partial charge < -0.3 is 15.2 Å². The van der Waals surface area contributed by atoms with Crippen LogP contribution in [0.5, 0.6) is 0 Å². The van der Waals surface area contributed by atoms with Gasteiger partial charge in [-0.1, -0.05) is 15.9 Å². The Morgan fingerprint density at radius 3 is 2.36 bits per heavy atom. The molecule has 11 heavy (non-hydrogen) atoms. The summed E-state index contributed by atoms with van der Waals surface area (Å²) in [6.07, 6.45) is 0. The number of hydrogen-bond acceptors (Lipinski definition) is 3. The molecule has 4 nitrogen and oxygen atoms in total. The first kappa shape index (κ1) is 14.0. The summed E-state index contributed by atoms with van der Waals surface area (Å²) < 4.78 is 0. The molecule has 0 saturated carbocycles. The van der Waals surface area contributed by atoms with Crippen LogP contribution in [0.3, 0.4) is 0 Å². The zero-order chi connectivity index (χ0) is 8.15. The van der Waals surface area contributed by atoms with Gasteiger partial charge in [-0.2, -0.15) is 0 Å². The molecule has 0 heterocycles. The Morgan fingerprint density at radius 2 is 2.09 bits per heavy atom. The van der Waals surface area contributed by atoms with Crippen LogP contribution in [-0.2, 0) is 9.59 Å². The first-order valence-electron chi connectivity index (χ1n) is 2.65. The van der Waals surface area contributed by atoms with Gasteiger partial charge in [-0.15, -0.1) is 0 Å². The molecule has 1 unspecified atom stereocenters. The van der Waals surface area contributed by atoms with Crippen molar-refractivity contribution in [3.63, 3.8) is 0 Å². The molecule has 0 saturated heterocycles. The molecule has 58 valence electrons. The van der Waals surface area contributed by atoms with E-state index in [1.807, 2.05) is 0 Å². The van der Waals surface area contributed by atoms with Crippen molar-refractivity contribution in [1.82, 2.24) is 5.32 Å². The number of alkyl halides is 1. The number of carboxylic acids is 1. The van der Waals surface area contributed by atoms with E-state index in [1.54, 1.807) is 6.92 Å². The van der Waals surface area contributed by atoms with Crippen LogP contribution in [0.1, 0.15) is 6.92 Å². The Hall–Kier alpha value is 0.420. The van der Waals surface area contributed by atoms with Gasteiger partial charge >= 0.3 is 29.6 Å². The monoisotopic (exact) mass is 231 g/mol. The quantitative estimate of drug-likeness (QED) is 0.395. The Morgan fingerprint density at radius 1 is 1.64 bits per heavy atom. The second-order valence-corrected chi connectivity index (χ2v) is 3.08. The second-order valence-electron chi connectivity index (χ2n) is 1.71. The van der Waals surface area contributed by atoms with Crippen LogP contribution in [0.4, 0.5) is 0 Å². The number of rotatable bonds is 3. The summed E-state index contributed by atoms with van der Waals surface area (Å²) in [5.41, 5.74) is 0. The molecule has 0 radical (unpaired) electrons. The van der Waals surface area contributed by atoms with Gasteiger partial charge in [0.15, 0.2) is 0 Å². The number of nitrogens with one attached hydrogen (secondary N) is 1. The van der Waals surface area contributed by atoms with Crippen molar-refractivity contribution in [2.75, 3.05) is 6.54 Å². The van der Waals surface area contributed by atoms with Crippen molar-refractivity contribution in [3.05, 3.63) is 0 Å². The fourth-order valence-corrected chi connectivity index (χ4v) is 0.462. The molecule has 0 bridgehead atoms. The summed E-state index contributed by atoms with van der Waals surface area (Å²) in [6, 6.07) is 0. The van der Waals surface area contributed by atoms with Crippen LogP contribution in [0.2, 0.25) is 0 Å². The molecular formula is C5H7BrNNaO3. The van der Waals surface area contributed by atoms with Crippen LogP contribution in [-0.4, -0.2) is 23.2 Å². The summed E-state index contributed by atoms with van der Waals surface area (Å²) in [5.74, 6) is -1.65. The van der Waals surface area contributed by atoms with Gasteiger partial charge in [-0.25, -0.2) is 0 Å².